The van der Waals surface area contributed by atoms with E-state index < -0.39 is 11.5 Å². The average molecular weight is 416 g/mol. The van der Waals surface area contributed by atoms with E-state index in [0.717, 1.165) is 12.0 Å². The molecule has 5 rings (SSSR count). The van der Waals surface area contributed by atoms with Crippen molar-refractivity contribution in [3.05, 3.63) is 54.0 Å². The Bertz CT molecular complexity index is 1320. The lowest BCUT2D eigenvalue weighted by Gasteiger charge is -2.18. The first kappa shape index (κ1) is 19.2. The molecule has 1 aliphatic heterocycles. The maximum absolute atomic E-state index is 12.4. The Morgan fingerprint density at radius 3 is 2.84 bits per heavy atom. The van der Waals surface area contributed by atoms with Crippen molar-refractivity contribution >= 4 is 17.3 Å². The molecule has 8 nitrogen and oxygen atoms in total. The number of rotatable bonds is 3. The van der Waals surface area contributed by atoms with Crippen molar-refractivity contribution in [3.8, 4) is 28.8 Å². The smallest absolute Gasteiger partial charge is 0.285 e. The molecule has 3 aromatic rings. The number of piperidine rings is 1. The van der Waals surface area contributed by atoms with Gasteiger partial charge < -0.3 is 20.5 Å². The fraction of sp³-hybridized carbons (Fsp3) is 0.261. The fourth-order valence-electron chi connectivity index (χ4n) is 4.27. The van der Waals surface area contributed by atoms with Crippen LogP contribution in [0, 0.1) is 17.8 Å². The number of primary amides is 1. The highest BCUT2D eigenvalue weighted by Gasteiger charge is 2.66. The summed E-state index contributed by atoms with van der Waals surface area (Å²) in [5, 5.41) is 10.8. The molecule has 8 heteroatoms. The van der Waals surface area contributed by atoms with Crippen LogP contribution >= 0.6 is 0 Å². The molecule has 2 amide bonds. The van der Waals surface area contributed by atoms with Gasteiger partial charge in [-0.25, -0.2) is 4.98 Å². The lowest BCUT2D eigenvalue weighted by molar-refractivity contribution is -0.140. The van der Waals surface area contributed by atoms with Gasteiger partial charge in [-0.1, -0.05) is 24.0 Å². The normalized spacial score (nSPS) is 24.0. The lowest BCUT2D eigenvalue weighted by Crippen LogP contribution is -2.41. The predicted molar refractivity (Wildman–Crippen MR) is 112 cm³/mol. The van der Waals surface area contributed by atoms with Crippen LogP contribution in [0.25, 0.3) is 16.8 Å². The van der Waals surface area contributed by atoms with Gasteiger partial charge in [0.2, 0.25) is 11.4 Å². The van der Waals surface area contributed by atoms with Crippen molar-refractivity contribution < 1.29 is 19.4 Å². The zero-order chi connectivity index (χ0) is 21.9. The highest BCUT2D eigenvalue weighted by molar-refractivity contribution is 5.94. The van der Waals surface area contributed by atoms with Crippen LogP contribution in [0.15, 0.2) is 42.6 Å². The minimum atomic E-state index is -1.64. The quantitative estimate of drug-likeness (QED) is 0.620. The van der Waals surface area contributed by atoms with E-state index in [9.17, 15) is 14.7 Å². The number of likely N-dealkylation sites (N-methyl/N-ethyl adjacent to an activating group) is 1. The first-order valence-electron chi connectivity index (χ1n) is 9.82. The number of pyridine rings is 1. The van der Waals surface area contributed by atoms with Gasteiger partial charge in [-0.2, -0.15) is 0 Å². The van der Waals surface area contributed by atoms with E-state index in [-0.39, 0.29) is 23.7 Å². The van der Waals surface area contributed by atoms with E-state index in [0.29, 0.717) is 22.5 Å². The summed E-state index contributed by atoms with van der Waals surface area (Å²) in [6.07, 6.45) is 2.45. The third-order valence-corrected chi connectivity index (χ3v) is 6.04. The van der Waals surface area contributed by atoms with Crippen molar-refractivity contribution in [2.24, 2.45) is 11.7 Å². The third-order valence-electron chi connectivity index (χ3n) is 6.04. The Morgan fingerprint density at radius 1 is 1.35 bits per heavy atom. The number of carbonyl (C=O) groups excluding carboxylic acids is 2. The van der Waals surface area contributed by atoms with Crippen LogP contribution in [0.5, 0.6) is 5.75 Å². The highest BCUT2D eigenvalue weighted by atomic mass is 16.5. The van der Waals surface area contributed by atoms with Gasteiger partial charge in [-0.15, -0.1) is 0 Å². The van der Waals surface area contributed by atoms with Crippen LogP contribution in [0.3, 0.4) is 0 Å². The van der Waals surface area contributed by atoms with E-state index in [1.165, 1.54) is 0 Å². The second kappa shape index (κ2) is 6.59. The summed E-state index contributed by atoms with van der Waals surface area (Å²) in [6, 6.07) is 10.8. The van der Waals surface area contributed by atoms with Crippen LogP contribution in [0.2, 0.25) is 0 Å². The SMILES string of the molecule is COc1ccn2c(C(N)=O)nc(-c3cccc(C#CC4(O)C(=O)N(C)C5CC54)c3)c2c1. The minimum Gasteiger partial charge on any atom is -0.497 e. The van der Waals surface area contributed by atoms with E-state index in [1.54, 1.807) is 60.0 Å². The van der Waals surface area contributed by atoms with E-state index in [4.69, 9.17) is 10.5 Å². The Balaban J connectivity index is 1.57. The molecule has 1 aromatic carbocycles. The van der Waals surface area contributed by atoms with Gasteiger partial charge >= 0.3 is 0 Å². The fourth-order valence-corrected chi connectivity index (χ4v) is 4.27. The molecule has 2 fully saturated rings. The van der Waals surface area contributed by atoms with Gasteiger partial charge in [-0.05, 0) is 24.6 Å². The molecule has 1 saturated heterocycles. The summed E-state index contributed by atoms with van der Waals surface area (Å²) in [5.41, 5.74) is 6.42. The number of nitrogens with zero attached hydrogens (tertiary/aromatic N) is 3. The summed E-state index contributed by atoms with van der Waals surface area (Å²) in [6.45, 7) is 0. The first-order valence-corrected chi connectivity index (χ1v) is 9.82. The predicted octanol–water partition coefficient (Wildman–Crippen LogP) is 1.05. The maximum atomic E-state index is 12.4. The van der Waals surface area contributed by atoms with Crippen LogP contribution in [-0.4, -0.2) is 57.0 Å². The van der Waals surface area contributed by atoms with E-state index in [2.05, 4.69) is 16.8 Å². The van der Waals surface area contributed by atoms with Crippen LogP contribution in [0.1, 0.15) is 22.6 Å². The average Bonchev–Trinajstić information content (AvgIpc) is 3.46. The number of ether oxygens (including phenoxy) is 1. The summed E-state index contributed by atoms with van der Waals surface area (Å²) in [5.74, 6) is 5.34. The molecule has 0 bridgehead atoms. The number of carbonyl (C=O) groups is 2. The second-order valence-corrected chi connectivity index (χ2v) is 7.89. The monoisotopic (exact) mass is 416 g/mol. The summed E-state index contributed by atoms with van der Waals surface area (Å²) in [7, 11) is 3.26. The number of likely N-dealkylation sites (tertiary alicyclic amines) is 1. The molecular formula is C23H20N4O4. The Kier molecular flexibility index (Phi) is 4.07. The number of amides is 2. The minimum absolute atomic E-state index is 0.0808. The Morgan fingerprint density at radius 2 is 2.16 bits per heavy atom. The molecule has 0 radical (unpaired) electrons. The molecule has 3 heterocycles. The van der Waals surface area contributed by atoms with Gasteiger partial charge in [0, 0.05) is 42.4 Å². The molecule has 31 heavy (non-hydrogen) atoms. The highest BCUT2D eigenvalue weighted by Crippen LogP contribution is 2.50. The van der Waals surface area contributed by atoms with Gasteiger partial charge in [0.15, 0.2) is 0 Å². The number of imidazole rings is 1. The number of aliphatic hydroxyl groups is 1. The largest absolute Gasteiger partial charge is 0.497 e. The number of benzene rings is 1. The number of nitrogens with two attached hydrogens (primary N) is 1. The van der Waals surface area contributed by atoms with Crippen molar-refractivity contribution in [3.63, 3.8) is 0 Å². The number of aromatic nitrogens is 2. The molecule has 3 atom stereocenters. The van der Waals surface area contributed by atoms with Crippen molar-refractivity contribution in [2.45, 2.75) is 18.1 Å². The van der Waals surface area contributed by atoms with Crippen LogP contribution in [0.4, 0.5) is 0 Å². The van der Waals surface area contributed by atoms with Crippen LogP contribution < -0.4 is 10.5 Å². The zero-order valence-corrected chi connectivity index (χ0v) is 17.0. The molecule has 1 aliphatic carbocycles. The first-order chi connectivity index (χ1) is 14.8. The Hall–Kier alpha value is -3.83. The lowest BCUT2D eigenvalue weighted by atomic mass is 9.98. The van der Waals surface area contributed by atoms with E-state index in [1.807, 2.05) is 6.07 Å². The number of methoxy groups -OCH3 is 1. The molecule has 3 N–H and O–H groups in total. The molecule has 0 spiro atoms. The molecule has 1 saturated carbocycles. The van der Waals surface area contributed by atoms with Gasteiger partial charge in [0.1, 0.15) is 5.75 Å². The van der Waals surface area contributed by atoms with Crippen molar-refractivity contribution in [1.29, 1.82) is 0 Å². The maximum Gasteiger partial charge on any atom is 0.285 e. The number of hydrogen-bond donors (Lipinski definition) is 2. The Labute approximate surface area is 178 Å². The summed E-state index contributed by atoms with van der Waals surface area (Å²) in [4.78, 5) is 30.3. The van der Waals surface area contributed by atoms with E-state index >= 15 is 0 Å². The summed E-state index contributed by atoms with van der Waals surface area (Å²) < 4.78 is 6.92. The summed E-state index contributed by atoms with van der Waals surface area (Å²) >= 11 is 0. The molecular weight excluding hydrogens is 396 g/mol. The molecule has 2 aliphatic rings. The number of fused-ring (bicyclic) bond motifs is 2. The molecule has 156 valence electrons. The number of hydrogen-bond acceptors (Lipinski definition) is 5. The van der Waals surface area contributed by atoms with Crippen LogP contribution in [-0.2, 0) is 4.79 Å². The third kappa shape index (κ3) is 2.86. The van der Waals surface area contributed by atoms with Gasteiger partial charge in [0.05, 0.1) is 18.3 Å². The van der Waals surface area contributed by atoms with Gasteiger partial charge in [0.25, 0.3) is 11.8 Å². The second-order valence-electron chi connectivity index (χ2n) is 7.89. The van der Waals surface area contributed by atoms with Crippen molar-refractivity contribution in [2.75, 3.05) is 14.2 Å². The zero-order valence-electron chi connectivity index (χ0n) is 17.0. The molecule has 3 unspecified atom stereocenters. The molecule has 2 aromatic heterocycles. The standard InChI is InChI=1S/C23H20N4O4/c1-26-17-12-16(17)23(30,22(26)29)8-6-13-4-3-5-14(10-13)19-18-11-15(31-2)7-9-27(18)21(25-19)20(24)28/h3-5,7,9-11,16-17,30H,12H2,1-2H3,(H2,24,28). The van der Waals surface area contributed by atoms with Crippen molar-refractivity contribution in [1.82, 2.24) is 14.3 Å². The van der Waals surface area contributed by atoms with Gasteiger partial charge in [-0.3, -0.25) is 14.0 Å². The topological polar surface area (TPSA) is 110 Å².